The van der Waals surface area contributed by atoms with E-state index in [2.05, 4.69) is 15.6 Å². The summed E-state index contributed by atoms with van der Waals surface area (Å²) in [5.41, 5.74) is 2.91. The molecule has 40 heavy (non-hydrogen) atoms. The van der Waals surface area contributed by atoms with Gasteiger partial charge in [0.2, 0.25) is 0 Å². The summed E-state index contributed by atoms with van der Waals surface area (Å²) in [4.78, 5) is 37.7. The number of aromatic nitrogens is 1. The molecule has 0 bridgehead atoms. The number of carboxylic acid groups (broad SMARTS) is 1. The van der Waals surface area contributed by atoms with Gasteiger partial charge in [-0.1, -0.05) is 25.1 Å². The maximum atomic E-state index is 13.9. The molecule has 0 aliphatic heterocycles. The number of anilines is 1. The average molecular weight is 568 g/mol. The largest absolute Gasteiger partial charge is 0.497 e. The van der Waals surface area contributed by atoms with E-state index in [0.717, 1.165) is 11.4 Å². The van der Waals surface area contributed by atoms with Crippen molar-refractivity contribution in [1.82, 2.24) is 10.3 Å². The van der Waals surface area contributed by atoms with Crippen molar-refractivity contribution in [2.45, 2.75) is 39.5 Å². The number of aromatic amines is 1. The quantitative estimate of drug-likeness (QED) is 0.199. The van der Waals surface area contributed by atoms with Crippen molar-refractivity contribution in [2.75, 3.05) is 19.0 Å². The Morgan fingerprint density at radius 1 is 1.00 bits per heavy atom. The van der Waals surface area contributed by atoms with E-state index in [9.17, 15) is 27.2 Å². The van der Waals surface area contributed by atoms with Crippen molar-refractivity contribution in [2.24, 2.45) is 0 Å². The van der Waals surface area contributed by atoms with E-state index in [1.54, 1.807) is 32.2 Å². The maximum absolute atomic E-state index is 13.9. The number of methoxy groups -OCH3 is 1. The van der Waals surface area contributed by atoms with Gasteiger partial charge in [0.1, 0.15) is 17.3 Å². The third kappa shape index (κ3) is 8.75. The van der Waals surface area contributed by atoms with E-state index in [0.29, 0.717) is 28.8 Å². The number of amides is 1. The summed E-state index contributed by atoms with van der Waals surface area (Å²) in [6.07, 6.45) is -4.64. The number of carbonyl (C=O) groups excluding carboxylic acids is 2. The van der Waals surface area contributed by atoms with E-state index in [-0.39, 0.29) is 25.4 Å². The summed E-state index contributed by atoms with van der Waals surface area (Å²) in [5, 5.41) is 13.1. The topological polar surface area (TPSA) is 130 Å². The predicted octanol–water partition coefficient (Wildman–Crippen LogP) is 5.08. The van der Waals surface area contributed by atoms with Crippen LogP contribution in [0.4, 0.5) is 23.2 Å². The zero-order valence-corrected chi connectivity index (χ0v) is 21.9. The first kappa shape index (κ1) is 31.7. The lowest BCUT2D eigenvalue weighted by Gasteiger charge is -2.09. The van der Waals surface area contributed by atoms with Gasteiger partial charge in [-0.3, -0.25) is 4.79 Å². The summed E-state index contributed by atoms with van der Waals surface area (Å²) in [6, 6.07) is 13.6. The molecule has 1 aromatic heterocycles. The summed E-state index contributed by atoms with van der Waals surface area (Å²) in [6.45, 7) is 4.11. The van der Waals surface area contributed by atoms with Gasteiger partial charge in [-0.25, -0.2) is 14.0 Å². The molecule has 2 aromatic carbocycles. The highest BCUT2D eigenvalue weighted by atomic mass is 19.4. The molecule has 0 saturated heterocycles. The monoisotopic (exact) mass is 567 g/mol. The Kier molecular flexibility index (Phi) is 11.5. The Morgan fingerprint density at radius 3 is 2.15 bits per heavy atom. The molecule has 1 amide bonds. The zero-order chi connectivity index (χ0) is 29.9. The van der Waals surface area contributed by atoms with Crippen molar-refractivity contribution in [1.29, 1.82) is 0 Å². The molecule has 3 aromatic rings. The summed E-state index contributed by atoms with van der Waals surface area (Å²) in [7, 11) is 1.60. The van der Waals surface area contributed by atoms with Gasteiger partial charge in [-0.2, -0.15) is 13.2 Å². The second-order valence-corrected chi connectivity index (χ2v) is 8.07. The van der Waals surface area contributed by atoms with Gasteiger partial charge in [-0.05, 0) is 49.2 Å². The fraction of sp³-hybridized carbons (Fsp3) is 0.296. The number of H-pyrrole nitrogens is 1. The average Bonchev–Trinajstić information content (AvgIpc) is 3.30. The number of nitrogens with one attached hydrogen (secondary N) is 3. The molecule has 0 unspecified atom stereocenters. The molecule has 4 N–H and O–H groups in total. The molecular formula is C27H29F4N3O6. The number of ether oxygens (including phenoxy) is 2. The fourth-order valence-corrected chi connectivity index (χ4v) is 3.53. The molecule has 0 aliphatic carbocycles. The third-order valence-corrected chi connectivity index (χ3v) is 5.44. The molecule has 0 aliphatic rings. The van der Waals surface area contributed by atoms with Gasteiger partial charge in [0.05, 0.1) is 25.8 Å². The first-order valence-electron chi connectivity index (χ1n) is 12.0. The van der Waals surface area contributed by atoms with Gasteiger partial charge in [0, 0.05) is 23.5 Å². The van der Waals surface area contributed by atoms with Gasteiger partial charge in [0.15, 0.2) is 0 Å². The lowest BCUT2D eigenvalue weighted by atomic mass is 10.1. The number of hydrogen-bond donors (Lipinski definition) is 4. The van der Waals surface area contributed by atoms with Gasteiger partial charge in [-0.15, -0.1) is 0 Å². The van der Waals surface area contributed by atoms with E-state index in [4.69, 9.17) is 19.4 Å². The van der Waals surface area contributed by atoms with Crippen LogP contribution < -0.4 is 15.4 Å². The molecule has 0 radical (unpaired) electrons. The SMILES string of the molecule is CCOC(=O)c1c(CNc2ccc(OC)cc2)[nH]c(C(=O)NCc2ccccc2F)c1CC.O=C(O)C(F)(F)F. The van der Waals surface area contributed by atoms with Crippen LogP contribution in [0.3, 0.4) is 0 Å². The highest BCUT2D eigenvalue weighted by Gasteiger charge is 2.38. The lowest BCUT2D eigenvalue weighted by Crippen LogP contribution is -2.25. The number of rotatable bonds is 10. The molecule has 0 atom stereocenters. The van der Waals surface area contributed by atoms with Crippen LogP contribution in [0, 0.1) is 5.82 Å². The normalized spacial score (nSPS) is 10.7. The minimum atomic E-state index is -5.08. The Hall–Kier alpha value is -4.55. The van der Waals surface area contributed by atoms with Crippen LogP contribution in [-0.4, -0.2) is 47.8 Å². The third-order valence-electron chi connectivity index (χ3n) is 5.44. The smallest absolute Gasteiger partial charge is 0.490 e. The van der Waals surface area contributed by atoms with Crippen LogP contribution in [0.25, 0.3) is 0 Å². The molecule has 0 spiro atoms. The Bertz CT molecular complexity index is 1310. The van der Waals surface area contributed by atoms with Crippen molar-refractivity contribution in [3.05, 3.63) is 82.4 Å². The van der Waals surface area contributed by atoms with Crippen LogP contribution in [-0.2, 0) is 29.0 Å². The summed E-state index contributed by atoms with van der Waals surface area (Å²) in [5.74, 6) is -3.33. The van der Waals surface area contributed by atoms with E-state index in [1.807, 2.05) is 31.2 Å². The van der Waals surface area contributed by atoms with E-state index >= 15 is 0 Å². The van der Waals surface area contributed by atoms with Crippen molar-refractivity contribution in [3.8, 4) is 5.75 Å². The second-order valence-electron chi connectivity index (χ2n) is 8.07. The van der Waals surface area contributed by atoms with Crippen LogP contribution in [0.2, 0.25) is 0 Å². The molecule has 9 nitrogen and oxygen atoms in total. The number of halogens is 4. The van der Waals surface area contributed by atoms with Crippen molar-refractivity contribution in [3.63, 3.8) is 0 Å². The predicted molar refractivity (Wildman–Crippen MR) is 138 cm³/mol. The number of benzene rings is 2. The zero-order valence-electron chi connectivity index (χ0n) is 21.9. The van der Waals surface area contributed by atoms with Gasteiger partial charge in [0.25, 0.3) is 5.91 Å². The van der Waals surface area contributed by atoms with Crippen LogP contribution in [0.15, 0.2) is 48.5 Å². The number of alkyl halides is 3. The van der Waals surface area contributed by atoms with Crippen LogP contribution in [0.1, 0.15) is 51.5 Å². The molecule has 13 heteroatoms. The van der Waals surface area contributed by atoms with Crippen LogP contribution in [0.5, 0.6) is 5.75 Å². The standard InChI is InChI=1S/C25H28FN3O4.C2HF3O2/c1-4-19-22(25(31)33-5-2)21(15-27-17-10-12-18(32-3)13-11-17)29-23(19)24(30)28-14-16-8-6-7-9-20(16)26;3-2(4,5)1(6)7/h6-13,27,29H,4-5,14-15H2,1-3H3,(H,28,30);(H,6,7). The molecule has 3 rings (SSSR count). The summed E-state index contributed by atoms with van der Waals surface area (Å²) < 4.78 is 56.1. The number of carboxylic acids is 1. The number of hydrogen-bond acceptors (Lipinski definition) is 6. The minimum Gasteiger partial charge on any atom is -0.497 e. The number of aliphatic carboxylic acids is 1. The van der Waals surface area contributed by atoms with Gasteiger partial charge < -0.3 is 30.2 Å². The maximum Gasteiger partial charge on any atom is 0.490 e. The highest BCUT2D eigenvalue weighted by Crippen LogP contribution is 2.24. The van der Waals surface area contributed by atoms with Crippen molar-refractivity contribution < 1.29 is 46.5 Å². The molecular weight excluding hydrogens is 538 g/mol. The second kappa shape index (κ2) is 14.6. The fourth-order valence-electron chi connectivity index (χ4n) is 3.53. The number of esters is 1. The Morgan fingerprint density at radius 2 is 1.62 bits per heavy atom. The summed E-state index contributed by atoms with van der Waals surface area (Å²) >= 11 is 0. The molecule has 0 fully saturated rings. The Balaban J connectivity index is 0.000000708. The first-order valence-corrected chi connectivity index (χ1v) is 12.0. The van der Waals surface area contributed by atoms with E-state index < -0.39 is 29.8 Å². The highest BCUT2D eigenvalue weighted by molar-refractivity contribution is 6.00. The number of carbonyl (C=O) groups is 3. The van der Waals surface area contributed by atoms with E-state index in [1.165, 1.54) is 6.07 Å². The molecule has 0 saturated carbocycles. The Labute approximate surface area is 227 Å². The van der Waals surface area contributed by atoms with Crippen molar-refractivity contribution >= 4 is 23.5 Å². The first-order chi connectivity index (χ1) is 18.9. The molecule has 1 heterocycles. The van der Waals surface area contributed by atoms with Crippen LogP contribution >= 0.6 is 0 Å². The van der Waals surface area contributed by atoms with Gasteiger partial charge >= 0.3 is 18.1 Å². The minimum absolute atomic E-state index is 0.0296. The lowest BCUT2D eigenvalue weighted by molar-refractivity contribution is -0.192. The molecule has 216 valence electrons.